The summed E-state index contributed by atoms with van der Waals surface area (Å²) >= 11 is 0. The van der Waals surface area contributed by atoms with Gasteiger partial charge in [0.2, 0.25) is 0 Å². The average molecular weight is 524 g/mol. The Morgan fingerprint density at radius 1 is 1.06 bits per heavy atom. The quantitative estimate of drug-likeness (QED) is 0.520. The topological polar surface area (TPSA) is 107 Å². The van der Waals surface area contributed by atoms with E-state index in [0.29, 0.717) is 37.5 Å². The molecule has 0 spiro atoms. The molecule has 2 heterocycles. The Morgan fingerprint density at radius 3 is 2.34 bits per heavy atom. The highest BCUT2D eigenvalue weighted by Crippen LogP contribution is 2.32. The van der Waals surface area contributed by atoms with Gasteiger partial charge >= 0.3 is 0 Å². The van der Waals surface area contributed by atoms with Crippen LogP contribution in [0, 0.1) is 0 Å². The third-order valence-corrected chi connectivity index (χ3v) is 10.2. The number of ether oxygens (including phenoxy) is 1. The van der Waals surface area contributed by atoms with Gasteiger partial charge in [-0.1, -0.05) is 30.3 Å². The Kier molecular flexibility index (Phi) is 8.02. The van der Waals surface area contributed by atoms with Gasteiger partial charge in [0.15, 0.2) is 9.84 Å². The first kappa shape index (κ1) is 25.9. The number of benzene rings is 2. The molecule has 2 aromatic rings. The van der Waals surface area contributed by atoms with Gasteiger partial charge in [0, 0.05) is 38.8 Å². The van der Waals surface area contributed by atoms with E-state index in [-0.39, 0.29) is 29.0 Å². The molecule has 0 radical (unpaired) electrons. The minimum atomic E-state index is -3.94. The van der Waals surface area contributed by atoms with Crippen LogP contribution in [0.25, 0.3) is 0 Å². The summed E-state index contributed by atoms with van der Waals surface area (Å²) in [5.41, 5.74) is 0.366. The molecule has 192 valence electrons. The van der Waals surface area contributed by atoms with Crippen LogP contribution in [-0.4, -0.2) is 102 Å². The number of methoxy groups -OCH3 is 1. The van der Waals surface area contributed by atoms with Gasteiger partial charge in [-0.25, -0.2) is 16.8 Å². The van der Waals surface area contributed by atoms with Crippen molar-refractivity contribution in [1.82, 2.24) is 9.80 Å². The number of hydrogen-bond donors (Lipinski definition) is 1. The highest BCUT2D eigenvalue weighted by molar-refractivity contribution is 7.93. The number of sulfone groups is 1. The molecule has 2 fully saturated rings. The van der Waals surface area contributed by atoms with Crippen LogP contribution >= 0.6 is 0 Å². The molecule has 9 nitrogen and oxygen atoms in total. The zero-order valence-electron chi connectivity index (χ0n) is 19.9. The molecule has 2 unspecified atom stereocenters. The van der Waals surface area contributed by atoms with Crippen LogP contribution in [0.3, 0.4) is 0 Å². The number of rotatable bonds is 9. The van der Waals surface area contributed by atoms with Gasteiger partial charge in [-0.15, -0.1) is 0 Å². The van der Waals surface area contributed by atoms with Crippen LogP contribution < -0.4 is 9.04 Å². The number of aliphatic hydroxyl groups excluding tert-OH is 1. The van der Waals surface area contributed by atoms with Gasteiger partial charge in [0.1, 0.15) is 5.75 Å². The van der Waals surface area contributed by atoms with Gasteiger partial charge in [0.05, 0.1) is 41.8 Å². The van der Waals surface area contributed by atoms with Gasteiger partial charge in [0.25, 0.3) is 10.0 Å². The molecule has 2 saturated heterocycles. The molecule has 2 atom stereocenters. The summed E-state index contributed by atoms with van der Waals surface area (Å²) in [6.07, 6.45) is -0.257. The van der Waals surface area contributed by atoms with E-state index in [1.807, 2.05) is 0 Å². The second-order valence-electron chi connectivity index (χ2n) is 9.07. The van der Waals surface area contributed by atoms with Crippen molar-refractivity contribution in [3.63, 3.8) is 0 Å². The zero-order chi connectivity index (χ0) is 25.1. The van der Waals surface area contributed by atoms with Crippen LogP contribution in [-0.2, 0) is 19.9 Å². The summed E-state index contributed by atoms with van der Waals surface area (Å²) in [6.45, 7) is 3.02. The van der Waals surface area contributed by atoms with Gasteiger partial charge in [-0.05, 0) is 30.7 Å². The van der Waals surface area contributed by atoms with Crippen LogP contribution in [0.1, 0.15) is 6.42 Å². The smallest absolute Gasteiger partial charge is 0.264 e. The maximum atomic E-state index is 13.6. The molecular formula is C24H33N3O6S2. The summed E-state index contributed by atoms with van der Waals surface area (Å²) in [4.78, 5) is 4.45. The predicted molar refractivity (Wildman–Crippen MR) is 135 cm³/mol. The lowest BCUT2D eigenvalue weighted by molar-refractivity contribution is 0.0639. The van der Waals surface area contributed by atoms with Crippen molar-refractivity contribution in [1.29, 1.82) is 0 Å². The monoisotopic (exact) mass is 523 g/mol. The maximum absolute atomic E-state index is 13.6. The standard InChI is InChI=1S/C24H33N3O6S2/c1-33-24-10-6-5-9-23(24)27(35(31,32)22-7-3-2-4-8-22)18-21(28)17-25-12-14-26(15-13-25)20-11-16-34(29,30)19-20/h2-10,20-21,28H,11-19H2,1H3. The van der Waals surface area contributed by atoms with Gasteiger partial charge in [-0.3, -0.25) is 14.1 Å². The molecule has 0 aromatic heterocycles. The molecule has 0 amide bonds. The van der Waals surface area contributed by atoms with E-state index >= 15 is 0 Å². The maximum Gasteiger partial charge on any atom is 0.264 e. The fraction of sp³-hybridized carbons (Fsp3) is 0.500. The Hall–Kier alpha value is -2.18. The first-order valence-corrected chi connectivity index (χ1v) is 15.0. The van der Waals surface area contributed by atoms with Crippen molar-refractivity contribution in [2.75, 3.05) is 62.2 Å². The van der Waals surface area contributed by atoms with E-state index in [0.717, 1.165) is 13.1 Å². The Labute approximate surface area is 207 Å². The second-order valence-corrected chi connectivity index (χ2v) is 13.2. The summed E-state index contributed by atoms with van der Waals surface area (Å²) in [5, 5.41) is 11.0. The third-order valence-electron chi connectivity index (χ3n) is 6.66. The lowest BCUT2D eigenvalue weighted by atomic mass is 10.2. The largest absolute Gasteiger partial charge is 0.495 e. The van der Waals surface area contributed by atoms with Crippen LogP contribution in [0.2, 0.25) is 0 Å². The van der Waals surface area contributed by atoms with Crippen LogP contribution in [0.15, 0.2) is 59.5 Å². The Bertz CT molecular complexity index is 1200. The molecule has 11 heteroatoms. The van der Waals surface area contributed by atoms with Crippen molar-refractivity contribution in [3.05, 3.63) is 54.6 Å². The van der Waals surface area contributed by atoms with E-state index in [1.54, 1.807) is 42.5 Å². The lowest BCUT2D eigenvalue weighted by Gasteiger charge is -2.38. The number of β-amino-alcohol motifs (C(OH)–C–C–N with tert-alkyl or cyclic N) is 1. The normalized spacial score (nSPS) is 22.1. The van der Waals surface area contributed by atoms with E-state index in [4.69, 9.17) is 4.74 Å². The van der Waals surface area contributed by atoms with Gasteiger partial charge < -0.3 is 9.84 Å². The number of anilines is 1. The number of para-hydroxylation sites is 2. The van der Waals surface area contributed by atoms with E-state index in [2.05, 4.69) is 9.80 Å². The Morgan fingerprint density at radius 2 is 1.71 bits per heavy atom. The molecule has 0 aliphatic carbocycles. The zero-order valence-corrected chi connectivity index (χ0v) is 21.5. The molecule has 2 aliphatic heterocycles. The number of hydrogen-bond acceptors (Lipinski definition) is 8. The molecule has 0 bridgehead atoms. The van der Waals surface area contributed by atoms with Crippen molar-refractivity contribution in [2.24, 2.45) is 0 Å². The average Bonchev–Trinajstić information content (AvgIpc) is 3.23. The highest BCUT2D eigenvalue weighted by Gasteiger charge is 2.34. The number of aliphatic hydroxyl groups is 1. The third kappa shape index (κ3) is 6.15. The molecular weight excluding hydrogens is 490 g/mol. The summed E-state index contributed by atoms with van der Waals surface area (Å²) in [7, 11) is -5.39. The van der Waals surface area contributed by atoms with E-state index in [1.165, 1.54) is 23.5 Å². The van der Waals surface area contributed by atoms with Crippen molar-refractivity contribution in [3.8, 4) is 5.75 Å². The minimum absolute atomic E-state index is 0.0733. The number of piperazine rings is 1. The number of nitrogens with zero attached hydrogens (tertiary/aromatic N) is 3. The highest BCUT2D eigenvalue weighted by atomic mass is 32.2. The van der Waals surface area contributed by atoms with Gasteiger partial charge in [-0.2, -0.15) is 0 Å². The first-order valence-electron chi connectivity index (χ1n) is 11.8. The predicted octanol–water partition coefficient (Wildman–Crippen LogP) is 1.06. The molecule has 2 aromatic carbocycles. The fourth-order valence-electron chi connectivity index (χ4n) is 4.80. The van der Waals surface area contributed by atoms with Crippen molar-refractivity contribution < 1.29 is 26.7 Å². The fourth-order valence-corrected chi connectivity index (χ4v) is 8.10. The molecule has 0 saturated carbocycles. The summed E-state index contributed by atoms with van der Waals surface area (Å²) in [6, 6.07) is 15.1. The van der Waals surface area contributed by atoms with Crippen molar-refractivity contribution >= 4 is 25.5 Å². The van der Waals surface area contributed by atoms with E-state index < -0.39 is 26.0 Å². The molecule has 35 heavy (non-hydrogen) atoms. The Balaban J connectivity index is 1.45. The molecule has 2 aliphatic rings. The van der Waals surface area contributed by atoms with Crippen molar-refractivity contribution in [2.45, 2.75) is 23.5 Å². The lowest BCUT2D eigenvalue weighted by Crippen LogP contribution is -2.53. The van der Waals surface area contributed by atoms with Crippen LogP contribution in [0.5, 0.6) is 5.75 Å². The second kappa shape index (κ2) is 10.8. The summed E-state index contributed by atoms with van der Waals surface area (Å²) in [5.74, 6) is 0.880. The molecule has 4 rings (SSSR count). The van der Waals surface area contributed by atoms with Crippen LogP contribution in [0.4, 0.5) is 5.69 Å². The van der Waals surface area contributed by atoms with E-state index in [9.17, 15) is 21.9 Å². The molecule has 1 N–H and O–H groups in total. The number of sulfonamides is 1. The SMILES string of the molecule is COc1ccccc1N(CC(O)CN1CCN(C2CCS(=O)(=O)C2)CC1)S(=O)(=O)c1ccccc1. The first-order chi connectivity index (χ1) is 16.7. The summed E-state index contributed by atoms with van der Waals surface area (Å²) < 4.78 is 57.4. The minimum Gasteiger partial charge on any atom is -0.495 e.